The smallest absolute Gasteiger partial charge is 0.268 e. The summed E-state index contributed by atoms with van der Waals surface area (Å²) in [5, 5.41) is 0. The third-order valence-corrected chi connectivity index (χ3v) is 6.93. The molecule has 1 aromatic heterocycles. The molecule has 2 fully saturated rings. The average Bonchev–Trinajstić information content (AvgIpc) is 3.13. The van der Waals surface area contributed by atoms with Crippen molar-refractivity contribution in [2.75, 3.05) is 33.4 Å². The molecule has 31 heavy (non-hydrogen) atoms. The Labute approximate surface area is 181 Å². The van der Waals surface area contributed by atoms with E-state index in [9.17, 15) is 14.4 Å². The number of amides is 2. The highest BCUT2D eigenvalue weighted by Gasteiger charge is 2.39. The highest BCUT2D eigenvalue weighted by Crippen LogP contribution is 2.27. The van der Waals surface area contributed by atoms with Crippen LogP contribution in [0, 0.1) is 12.8 Å². The van der Waals surface area contributed by atoms with E-state index in [4.69, 9.17) is 4.74 Å². The molecule has 0 unspecified atom stereocenters. The Hall–Kier alpha value is -2.93. The number of likely N-dealkylation sites (N-methyl/N-ethyl adjacent to an activating group) is 1. The molecule has 1 aliphatic carbocycles. The molecule has 7 nitrogen and oxygen atoms in total. The highest BCUT2D eigenvalue weighted by atomic mass is 16.5. The summed E-state index contributed by atoms with van der Waals surface area (Å²) < 4.78 is 7.25. The van der Waals surface area contributed by atoms with Crippen LogP contribution in [-0.4, -0.2) is 65.6 Å². The molecule has 0 radical (unpaired) electrons. The number of nitrogens with zero attached hydrogens (tertiary/aromatic N) is 3. The molecule has 2 amide bonds. The van der Waals surface area contributed by atoms with Gasteiger partial charge in [0.15, 0.2) is 0 Å². The molecular formula is C24H27N3O4. The molecule has 2 bridgehead atoms. The maximum Gasteiger partial charge on any atom is 0.268 e. The van der Waals surface area contributed by atoms with Crippen LogP contribution in [0.5, 0.6) is 0 Å². The van der Waals surface area contributed by atoms with E-state index in [1.54, 1.807) is 34.5 Å². The van der Waals surface area contributed by atoms with Gasteiger partial charge < -0.3 is 14.5 Å². The van der Waals surface area contributed by atoms with E-state index in [-0.39, 0.29) is 35.5 Å². The molecule has 0 N–H and O–H groups in total. The summed E-state index contributed by atoms with van der Waals surface area (Å²) in [6.45, 7) is 3.14. The number of aromatic nitrogens is 1. The maximum absolute atomic E-state index is 13.6. The number of fused-ring (bicyclic) bond motifs is 4. The van der Waals surface area contributed by atoms with E-state index in [1.807, 2.05) is 18.2 Å². The summed E-state index contributed by atoms with van der Waals surface area (Å²) in [6, 6.07) is 7.68. The van der Waals surface area contributed by atoms with Gasteiger partial charge in [0.25, 0.3) is 11.5 Å². The second-order valence-corrected chi connectivity index (χ2v) is 8.86. The van der Waals surface area contributed by atoms with Gasteiger partial charge in [0.2, 0.25) is 5.91 Å². The van der Waals surface area contributed by atoms with Crippen molar-refractivity contribution in [1.82, 2.24) is 14.4 Å². The fraction of sp³-hybridized carbons (Fsp3) is 0.458. The fourth-order valence-corrected chi connectivity index (χ4v) is 5.12. The zero-order chi connectivity index (χ0) is 21.7. The minimum absolute atomic E-state index is 0.000145. The molecule has 3 aliphatic rings. The lowest BCUT2D eigenvalue weighted by Gasteiger charge is -2.29. The van der Waals surface area contributed by atoms with Crippen molar-refractivity contribution >= 4 is 11.8 Å². The van der Waals surface area contributed by atoms with Gasteiger partial charge in [-0.3, -0.25) is 19.0 Å². The van der Waals surface area contributed by atoms with Crippen molar-refractivity contribution in [3.05, 3.63) is 63.1 Å². The van der Waals surface area contributed by atoms with E-state index in [0.717, 1.165) is 24.9 Å². The van der Waals surface area contributed by atoms with Crippen LogP contribution < -0.4 is 5.56 Å². The monoisotopic (exact) mass is 421 g/mol. The number of rotatable bonds is 2. The van der Waals surface area contributed by atoms with Gasteiger partial charge in [-0.2, -0.15) is 0 Å². The van der Waals surface area contributed by atoms with E-state index in [1.165, 1.54) is 11.1 Å². The number of ether oxygens (including phenoxy) is 1. The molecule has 2 atom stereocenters. The van der Waals surface area contributed by atoms with Crippen LogP contribution in [0.15, 0.2) is 35.3 Å². The van der Waals surface area contributed by atoms with Crippen molar-refractivity contribution in [2.45, 2.75) is 32.2 Å². The second-order valence-electron chi connectivity index (χ2n) is 8.86. The highest BCUT2D eigenvalue weighted by molar-refractivity contribution is 5.96. The van der Waals surface area contributed by atoms with E-state index in [0.29, 0.717) is 25.3 Å². The lowest BCUT2D eigenvalue weighted by Crippen LogP contribution is -2.46. The lowest BCUT2D eigenvalue weighted by molar-refractivity contribution is -0.133. The third-order valence-electron chi connectivity index (χ3n) is 6.93. The van der Waals surface area contributed by atoms with Crippen LogP contribution >= 0.6 is 0 Å². The largest absolute Gasteiger partial charge is 0.378 e. The predicted octanol–water partition coefficient (Wildman–Crippen LogP) is 1.56. The van der Waals surface area contributed by atoms with Gasteiger partial charge in [0.05, 0.1) is 30.9 Å². The summed E-state index contributed by atoms with van der Waals surface area (Å²) in [4.78, 5) is 43.2. The molecular weight excluding hydrogens is 394 g/mol. The summed E-state index contributed by atoms with van der Waals surface area (Å²) in [7, 11) is 1.76. The van der Waals surface area contributed by atoms with Gasteiger partial charge in [0.1, 0.15) is 5.56 Å². The number of carbonyl (C=O) groups excluding carboxylic acids is 2. The van der Waals surface area contributed by atoms with Gasteiger partial charge >= 0.3 is 0 Å². The zero-order valence-electron chi connectivity index (χ0n) is 18.0. The first-order chi connectivity index (χ1) is 15.0. The molecule has 2 aromatic rings. The summed E-state index contributed by atoms with van der Waals surface area (Å²) in [5.41, 5.74) is 3.89. The van der Waals surface area contributed by atoms with Gasteiger partial charge in [0, 0.05) is 26.3 Å². The first-order valence-corrected chi connectivity index (χ1v) is 10.9. The van der Waals surface area contributed by atoms with Gasteiger partial charge in [-0.05, 0) is 55.0 Å². The minimum Gasteiger partial charge on any atom is -0.378 e. The molecule has 2 aliphatic heterocycles. The molecule has 5 rings (SSSR count). The summed E-state index contributed by atoms with van der Waals surface area (Å²) >= 11 is 0. The average molecular weight is 421 g/mol. The van der Waals surface area contributed by atoms with Gasteiger partial charge in [-0.15, -0.1) is 0 Å². The SMILES string of the molecule is Cc1ccn(-c2cccc3c2CCC3)c(=O)c1C(=O)N1C[C@@H]2COC[C@H](C1)N(C)C2=O. The number of aryl methyl sites for hydroxylation is 2. The van der Waals surface area contributed by atoms with Crippen LogP contribution in [0.4, 0.5) is 0 Å². The van der Waals surface area contributed by atoms with Crippen molar-refractivity contribution in [3.63, 3.8) is 0 Å². The molecule has 162 valence electrons. The number of pyridine rings is 1. The number of hydrogen-bond donors (Lipinski definition) is 0. The van der Waals surface area contributed by atoms with Crippen LogP contribution in [0.3, 0.4) is 0 Å². The van der Waals surface area contributed by atoms with Crippen molar-refractivity contribution in [1.29, 1.82) is 0 Å². The Morgan fingerprint density at radius 1 is 1.10 bits per heavy atom. The van der Waals surface area contributed by atoms with Gasteiger partial charge in [-0.25, -0.2) is 0 Å². The van der Waals surface area contributed by atoms with Crippen molar-refractivity contribution < 1.29 is 14.3 Å². The van der Waals surface area contributed by atoms with E-state index in [2.05, 4.69) is 6.07 Å². The van der Waals surface area contributed by atoms with Crippen LogP contribution in [0.1, 0.15) is 33.5 Å². The molecule has 0 spiro atoms. The van der Waals surface area contributed by atoms with Crippen molar-refractivity contribution in [2.24, 2.45) is 5.92 Å². The Balaban J connectivity index is 1.55. The quantitative estimate of drug-likeness (QED) is 0.738. The van der Waals surface area contributed by atoms with Gasteiger partial charge in [-0.1, -0.05) is 12.1 Å². The van der Waals surface area contributed by atoms with E-state index >= 15 is 0 Å². The predicted molar refractivity (Wildman–Crippen MR) is 116 cm³/mol. The Kier molecular flexibility index (Phi) is 4.93. The fourth-order valence-electron chi connectivity index (χ4n) is 5.12. The van der Waals surface area contributed by atoms with E-state index < -0.39 is 5.92 Å². The van der Waals surface area contributed by atoms with Crippen LogP contribution in [-0.2, 0) is 22.4 Å². The molecule has 2 saturated heterocycles. The van der Waals surface area contributed by atoms with Crippen LogP contribution in [0.2, 0.25) is 0 Å². The van der Waals surface area contributed by atoms with Crippen molar-refractivity contribution in [3.8, 4) is 5.69 Å². The molecule has 3 heterocycles. The topological polar surface area (TPSA) is 71.9 Å². The molecule has 7 heteroatoms. The Morgan fingerprint density at radius 2 is 1.94 bits per heavy atom. The first kappa shape index (κ1) is 20.0. The molecule has 1 aromatic carbocycles. The second kappa shape index (κ2) is 7.64. The zero-order valence-corrected chi connectivity index (χ0v) is 18.0. The normalized spacial score (nSPS) is 23.0. The Bertz CT molecular complexity index is 1120. The number of hydrogen-bond acceptors (Lipinski definition) is 4. The third kappa shape index (κ3) is 3.28. The summed E-state index contributed by atoms with van der Waals surface area (Å²) in [6.07, 6.45) is 4.82. The first-order valence-electron chi connectivity index (χ1n) is 10.9. The standard InChI is InChI=1S/C24H27N3O4/c1-15-9-10-27(20-8-4-6-16-5-3-7-19(16)20)24(30)21(15)23(29)26-11-17-13-31-14-18(12-26)25(2)22(17)28/h4,6,8-10,17-18H,3,5,7,11-14H2,1-2H3/t17-,18+/m1/s1. The Morgan fingerprint density at radius 3 is 2.77 bits per heavy atom. The lowest BCUT2D eigenvalue weighted by atomic mass is 10.1. The summed E-state index contributed by atoms with van der Waals surface area (Å²) in [5.74, 6) is -0.700. The minimum atomic E-state index is -0.398. The number of benzene rings is 1. The maximum atomic E-state index is 13.6. The number of carbonyl (C=O) groups is 2. The molecule has 0 saturated carbocycles. The van der Waals surface area contributed by atoms with Crippen LogP contribution in [0.25, 0.3) is 5.69 Å².